The number of aryl methyl sites for hydroxylation is 1. The van der Waals surface area contributed by atoms with Crippen molar-refractivity contribution in [1.82, 2.24) is 15.0 Å². The van der Waals surface area contributed by atoms with E-state index in [1.807, 2.05) is 37.3 Å². The van der Waals surface area contributed by atoms with Crippen LogP contribution in [0.5, 0.6) is 11.8 Å². The van der Waals surface area contributed by atoms with Crippen LogP contribution in [-0.4, -0.2) is 28.7 Å². The maximum Gasteiger partial charge on any atom is 0.389 e. The summed E-state index contributed by atoms with van der Waals surface area (Å²) in [5, 5.41) is 1.47. The first-order valence-electron chi connectivity index (χ1n) is 7.70. The molecule has 2 aromatic heterocycles. The summed E-state index contributed by atoms with van der Waals surface area (Å²) in [6.07, 6.45) is 1.48. The Bertz CT molecular complexity index is 1110. The van der Waals surface area contributed by atoms with Crippen molar-refractivity contribution in [2.24, 2.45) is 0 Å². The minimum atomic E-state index is -2.98. The molecule has 5 nitrogen and oxygen atoms in total. The molecule has 0 fully saturated rings. The Labute approximate surface area is 151 Å². The zero-order valence-electron chi connectivity index (χ0n) is 13.9. The molecular weight excluding hydrogens is 360 g/mol. The van der Waals surface area contributed by atoms with Crippen LogP contribution in [0.3, 0.4) is 0 Å². The van der Waals surface area contributed by atoms with E-state index in [0.717, 1.165) is 37.5 Å². The summed E-state index contributed by atoms with van der Waals surface area (Å²) < 4.78 is 35.5. The molecule has 0 saturated heterocycles. The van der Waals surface area contributed by atoms with Gasteiger partial charge in [0.05, 0.1) is 22.8 Å². The third kappa shape index (κ3) is 3.03. The molecule has 4 aromatic rings. The molecule has 4 rings (SSSR count). The van der Waals surface area contributed by atoms with Gasteiger partial charge < -0.3 is 9.47 Å². The Hall–Kier alpha value is -2.87. The van der Waals surface area contributed by atoms with Crippen LogP contribution in [0.25, 0.3) is 31.7 Å². The van der Waals surface area contributed by atoms with Crippen molar-refractivity contribution < 1.29 is 18.3 Å². The summed E-state index contributed by atoms with van der Waals surface area (Å²) in [5.74, 6) is 0.747. The fraction of sp³-hybridized carbons (Fsp3) is 0.167. The molecule has 8 heteroatoms. The molecule has 2 heterocycles. The van der Waals surface area contributed by atoms with Gasteiger partial charge >= 0.3 is 12.6 Å². The lowest BCUT2D eigenvalue weighted by molar-refractivity contribution is -0.0558. The summed E-state index contributed by atoms with van der Waals surface area (Å²) in [6.45, 7) is -1.03. The number of nitrogens with zero attached hydrogens (tertiary/aromatic N) is 3. The lowest BCUT2D eigenvalue weighted by Crippen LogP contribution is -2.05. The second-order valence-corrected chi connectivity index (χ2v) is 6.66. The van der Waals surface area contributed by atoms with E-state index in [0.29, 0.717) is 5.52 Å². The molecule has 0 N–H and O–H groups in total. The van der Waals surface area contributed by atoms with E-state index in [4.69, 9.17) is 4.74 Å². The van der Waals surface area contributed by atoms with Gasteiger partial charge in [-0.2, -0.15) is 13.8 Å². The molecule has 2 aromatic carbocycles. The maximum absolute atomic E-state index is 12.5. The highest BCUT2D eigenvalue weighted by atomic mass is 32.1. The van der Waals surface area contributed by atoms with Crippen molar-refractivity contribution in [2.45, 2.75) is 13.5 Å². The molecule has 0 aliphatic rings. The minimum Gasteiger partial charge on any atom is -0.497 e. The van der Waals surface area contributed by atoms with Gasteiger partial charge in [0.15, 0.2) is 0 Å². The van der Waals surface area contributed by atoms with Crippen LogP contribution in [0.1, 0.15) is 5.56 Å². The van der Waals surface area contributed by atoms with Crippen LogP contribution >= 0.6 is 11.3 Å². The number of ether oxygens (including phenoxy) is 2. The molecule has 0 radical (unpaired) electrons. The fourth-order valence-electron chi connectivity index (χ4n) is 2.73. The number of fused-ring (bicyclic) bond motifs is 2. The highest BCUT2D eigenvalue weighted by molar-refractivity contribution is 7.21. The summed E-state index contributed by atoms with van der Waals surface area (Å²) in [4.78, 5) is 12.7. The van der Waals surface area contributed by atoms with Gasteiger partial charge in [-0.05, 0) is 42.8 Å². The van der Waals surface area contributed by atoms with Crippen LogP contribution in [0.15, 0.2) is 36.5 Å². The maximum atomic E-state index is 12.5. The molecule has 132 valence electrons. The Kier molecular flexibility index (Phi) is 4.12. The molecule has 0 aliphatic carbocycles. The third-order valence-corrected chi connectivity index (χ3v) is 4.88. The standard InChI is InChI=1S/C18H13F2N3O2S/c1-9-5-10-8-21-18(25-17(19)20)23-15(10)12(6-9)16-22-13-4-3-11(24-2)7-14(13)26-16/h3-8,17H,1-2H3. The van der Waals surface area contributed by atoms with Crippen molar-refractivity contribution in [3.05, 3.63) is 42.1 Å². The number of benzene rings is 2. The van der Waals surface area contributed by atoms with Gasteiger partial charge in [0.2, 0.25) is 0 Å². The highest BCUT2D eigenvalue weighted by Gasteiger charge is 2.15. The number of hydrogen-bond donors (Lipinski definition) is 0. The Morgan fingerprint density at radius 2 is 1.96 bits per heavy atom. The van der Waals surface area contributed by atoms with Gasteiger partial charge in [-0.25, -0.2) is 9.97 Å². The highest BCUT2D eigenvalue weighted by Crippen LogP contribution is 2.36. The average molecular weight is 373 g/mol. The van der Waals surface area contributed by atoms with E-state index in [1.54, 1.807) is 7.11 Å². The first-order valence-corrected chi connectivity index (χ1v) is 8.52. The first kappa shape index (κ1) is 16.6. The molecule has 0 atom stereocenters. The van der Waals surface area contributed by atoms with E-state index in [9.17, 15) is 8.78 Å². The smallest absolute Gasteiger partial charge is 0.389 e. The number of methoxy groups -OCH3 is 1. The third-order valence-electron chi connectivity index (χ3n) is 3.83. The topological polar surface area (TPSA) is 57.1 Å². The summed E-state index contributed by atoms with van der Waals surface area (Å²) in [5.41, 5.74) is 3.10. The van der Waals surface area contributed by atoms with Gasteiger partial charge in [-0.15, -0.1) is 11.3 Å². The molecule has 26 heavy (non-hydrogen) atoms. The molecule has 0 unspecified atom stereocenters. The van der Waals surface area contributed by atoms with E-state index >= 15 is 0 Å². The fourth-order valence-corrected chi connectivity index (χ4v) is 3.74. The molecule has 0 aliphatic heterocycles. The molecule has 0 saturated carbocycles. The summed E-state index contributed by atoms with van der Waals surface area (Å²) in [7, 11) is 1.61. The van der Waals surface area contributed by atoms with Gasteiger partial charge in [-0.1, -0.05) is 0 Å². The number of rotatable bonds is 4. The molecule has 0 spiro atoms. The van der Waals surface area contributed by atoms with Crippen molar-refractivity contribution in [3.8, 4) is 22.3 Å². The largest absolute Gasteiger partial charge is 0.497 e. The van der Waals surface area contributed by atoms with Crippen LogP contribution in [0.2, 0.25) is 0 Å². The number of aromatic nitrogens is 3. The zero-order chi connectivity index (χ0) is 18.3. The average Bonchev–Trinajstić information content (AvgIpc) is 3.03. The van der Waals surface area contributed by atoms with Gasteiger partial charge in [0.1, 0.15) is 10.8 Å². The van der Waals surface area contributed by atoms with Crippen molar-refractivity contribution >= 4 is 32.5 Å². The Morgan fingerprint density at radius 3 is 2.73 bits per heavy atom. The molecule has 0 amide bonds. The van der Waals surface area contributed by atoms with Gasteiger partial charge in [0, 0.05) is 17.1 Å². The van der Waals surface area contributed by atoms with Gasteiger partial charge in [0.25, 0.3) is 0 Å². The zero-order valence-corrected chi connectivity index (χ0v) is 14.7. The van der Waals surface area contributed by atoms with E-state index in [-0.39, 0.29) is 6.01 Å². The number of alkyl halides is 2. The molecule has 0 bridgehead atoms. The number of hydrogen-bond acceptors (Lipinski definition) is 6. The van der Waals surface area contributed by atoms with Crippen LogP contribution in [0, 0.1) is 6.92 Å². The Balaban J connectivity index is 1.91. The van der Waals surface area contributed by atoms with E-state index in [1.165, 1.54) is 17.5 Å². The van der Waals surface area contributed by atoms with Crippen molar-refractivity contribution in [1.29, 1.82) is 0 Å². The predicted octanol–water partition coefficient (Wildman–Crippen LogP) is 4.82. The lowest BCUT2D eigenvalue weighted by atomic mass is 10.1. The van der Waals surface area contributed by atoms with E-state index < -0.39 is 6.61 Å². The SMILES string of the molecule is COc1ccc2nc(-c3cc(C)cc4cnc(OC(F)F)nc34)sc2c1. The predicted molar refractivity (Wildman–Crippen MR) is 96.1 cm³/mol. The summed E-state index contributed by atoms with van der Waals surface area (Å²) in [6, 6.07) is 9.09. The van der Waals surface area contributed by atoms with Crippen molar-refractivity contribution in [2.75, 3.05) is 7.11 Å². The number of halogens is 2. The minimum absolute atomic E-state index is 0.361. The van der Waals surface area contributed by atoms with E-state index in [2.05, 4.69) is 19.7 Å². The monoisotopic (exact) mass is 373 g/mol. The second-order valence-electron chi connectivity index (χ2n) is 5.63. The number of thiazole rings is 1. The van der Waals surface area contributed by atoms with Crippen LogP contribution < -0.4 is 9.47 Å². The second kappa shape index (κ2) is 6.45. The summed E-state index contributed by atoms with van der Waals surface area (Å²) >= 11 is 1.48. The molecular formula is C18H13F2N3O2S. The normalized spacial score (nSPS) is 11.4. The first-order chi connectivity index (χ1) is 12.5. The van der Waals surface area contributed by atoms with Crippen molar-refractivity contribution in [3.63, 3.8) is 0 Å². The quantitative estimate of drug-likeness (QED) is 0.513. The van der Waals surface area contributed by atoms with Gasteiger partial charge in [-0.3, -0.25) is 0 Å². The lowest BCUT2D eigenvalue weighted by Gasteiger charge is -2.07. The Morgan fingerprint density at radius 1 is 1.12 bits per heavy atom. The van der Waals surface area contributed by atoms with Crippen LogP contribution in [0.4, 0.5) is 8.78 Å². The van der Waals surface area contributed by atoms with Crippen LogP contribution in [-0.2, 0) is 0 Å².